The number of hydrogen-bond donors (Lipinski definition) is 1. The maximum Gasteiger partial charge on any atom is 0.296 e. The summed E-state index contributed by atoms with van der Waals surface area (Å²) in [5.74, 6) is -3.14. The van der Waals surface area contributed by atoms with Crippen molar-refractivity contribution in [2.24, 2.45) is 0 Å². The highest BCUT2D eigenvalue weighted by atomic mass is 32.1. The molecule has 7 nitrogen and oxygen atoms in total. The first kappa shape index (κ1) is 22.0. The molecule has 0 bridgehead atoms. The molecule has 1 N–H and O–H groups in total. The van der Waals surface area contributed by atoms with Gasteiger partial charge in [-0.15, -0.1) is 11.3 Å². The van der Waals surface area contributed by atoms with Gasteiger partial charge < -0.3 is 5.11 Å². The van der Waals surface area contributed by atoms with E-state index in [0.29, 0.717) is 21.3 Å². The average Bonchev–Trinajstić information content (AvgIpc) is 3.35. The lowest BCUT2D eigenvalue weighted by molar-refractivity contribution is -0.117. The van der Waals surface area contributed by atoms with Gasteiger partial charge >= 0.3 is 0 Å². The Morgan fingerprint density at radius 2 is 1.72 bits per heavy atom. The molecule has 164 valence electrons. The minimum Gasteiger partial charge on any atom is -0.503 e. The summed E-state index contributed by atoms with van der Waals surface area (Å²) in [6.45, 7) is 6.40. The molecule has 0 radical (unpaired) electrons. The molecule has 0 saturated carbocycles. The number of hydrogen-bond acceptors (Lipinski definition) is 8. The standard InChI is InChI=1S/C22H18FN3O4S2/c1-9-19(11(3)27)32-22(25-9)26-16(13-7-5-6-8-14(13)23)15(18(29)21(26)30)17(28)20-10(2)24-12(4)31-20/h5-8,16,29H,1-4H3. The van der Waals surface area contributed by atoms with Crippen molar-refractivity contribution in [2.45, 2.75) is 33.7 Å². The Hall–Kier alpha value is -3.24. The third-order valence-corrected chi connectivity index (χ3v) is 7.40. The van der Waals surface area contributed by atoms with Crippen LogP contribution < -0.4 is 4.90 Å². The topological polar surface area (TPSA) is 100 Å². The van der Waals surface area contributed by atoms with Gasteiger partial charge in [-0.3, -0.25) is 19.3 Å². The first-order chi connectivity index (χ1) is 15.1. The highest BCUT2D eigenvalue weighted by Gasteiger charge is 2.47. The first-order valence-corrected chi connectivity index (χ1v) is 11.2. The van der Waals surface area contributed by atoms with E-state index < -0.39 is 29.3 Å². The lowest BCUT2D eigenvalue weighted by atomic mass is 9.95. The van der Waals surface area contributed by atoms with E-state index in [-0.39, 0.29) is 26.9 Å². The van der Waals surface area contributed by atoms with Crippen LogP contribution in [0.25, 0.3) is 0 Å². The Labute approximate surface area is 190 Å². The van der Waals surface area contributed by atoms with Crippen molar-refractivity contribution in [3.63, 3.8) is 0 Å². The van der Waals surface area contributed by atoms with Gasteiger partial charge in [-0.2, -0.15) is 0 Å². The zero-order chi connectivity index (χ0) is 23.3. The van der Waals surface area contributed by atoms with E-state index >= 15 is 0 Å². The van der Waals surface area contributed by atoms with Gasteiger partial charge in [0.05, 0.1) is 31.7 Å². The van der Waals surface area contributed by atoms with E-state index in [1.807, 2.05) is 0 Å². The number of benzene rings is 1. The number of nitrogens with zero attached hydrogens (tertiary/aromatic N) is 3. The van der Waals surface area contributed by atoms with Gasteiger partial charge in [-0.25, -0.2) is 14.4 Å². The summed E-state index contributed by atoms with van der Waals surface area (Å²) in [5, 5.41) is 11.5. The summed E-state index contributed by atoms with van der Waals surface area (Å²) in [4.78, 5) is 48.8. The zero-order valence-corrected chi connectivity index (χ0v) is 19.2. The zero-order valence-electron chi connectivity index (χ0n) is 17.6. The van der Waals surface area contributed by atoms with Crippen molar-refractivity contribution in [3.8, 4) is 0 Å². The Kier molecular flexibility index (Phi) is 5.51. The molecule has 10 heteroatoms. The van der Waals surface area contributed by atoms with Crippen LogP contribution in [0.2, 0.25) is 0 Å². The summed E-state index contributed by atoms with van der Waals surface area (Å²) < 4.78 is 14.9. The predicted molar refractivity (Wildman–Crippen MR) is 119 cm³/mol. The summed E-state index contributed by atoms with van der Waals surface area (Å²) in [7, 11) is 0. The summed E-state index contributed by atoms with van der Waals surface area (Å²) >= 11 is 2.09. The van der Waals surface area contributed by atoms with Crippen molar-refractivity contribution >= 4 is 45.3 Å². The monoisotopic (exact) mass is 471 g/mol. The molecule has 4 rings (SSSR count). The lowest BCUT2D eigenvalue weighted by Gasteiger charge is -2.24. The molecule has 1 aliphatic rings. The van der Waals surface area contributed by atoms with Crippen LogP contribution in [0.5, 0.6) is 0 Å². The van der Waals surface area contributed by atoms with Gasteiger partial charge in [0.15, 0.2) is 16.7 Å². The number of thiazole rings is 2. The summed E-state index contributed by atoms with van der Waals surface area (Å²) in [6.07, 6.45) is 0. The Bertz CT molecular complexity index is 1320. The minimum absolute atomic E-state index is 0.0318. The first-order valence-electron chi connectivity index (χ1n) is 9.60. The van der Waals surface area contributed by atoms with E-state index in [1.165, 1.54) is 25.1 Å². The van der Waals surface area contributed by atoms with Crippen molar-refractivity contribution in [1.82, 2.24) is 9.97 Å². The number of aromatic nitrogens is 2. The predicted octanol–water partition coefficient (Wildman–Crippen LogP) is 4.65. The molecule has 1 amide bonds. The second kappa shape index (κ2) is 8.03. The van der Waals surface area contributed by atoms with Crippen molar-refractivity contribution in [2.75, 3.05) is 4.90 Å². The summed E-state index contributed by atoms with van der Waals surface area (Å²) in [6, 6.07) is 4.48. The molecule has 1 aromatic carbocycles. The van der Waals surface area contributed by atoms with Crippen LogP contribution >= 0.6 is 22.7 Å². The maximum atomic E-state index is 14.9. The van der Waals surface area contributed by atoms with Gasteiger partial charge in [-0.05, 0) is 26.8 Å². The molecule has 1 unspecified atom stereocenters. The number of ketones is 2. The number of amides is 1. The number of aryl methyl sites for hydroxylation is 3. The van der Waals surface area contributed by atoms with Crippen LogP contribution in [0, 0.1) is 26.6 Å². The number of Topliss-reactive ketones (excluding diaryl/α,β-unsaturated/α-hetero) is 2. The molecular weight excluding hydrogens is 453 g/mol. The van der Waals surface area contributed by atoms with Crippen LogP contribution in [-0.4, -0.2) is 32.5 Å². The van der Waals surface area contributed by atoms with Crippen LogP contribution in [-0.2, 0) is 4.79 Å². The number of halogens is 1. The molecule has 0 saturated heterocycles. The molecule has 2 aromatic heterocycles. The van der Waals surface area contributed by atoms with Crippen molar-refractivity contribution in [3.05, 3.63) is 73.1 Å². The largest absolute Gasteiger partial charge is 0.503 e. The van der Waals surface area contributed by atoms with Crippen LogP contribution in [0.3, 0.4) is 0 Å². The fourth-order valence-electron chi connectivity index (χ4n) is 3.70. The van der Waals surface area contributed by atoms with Crippen LogP contribution in [0.4, 0.5) is 9.52 Å². The Morgan fingerprint density at radius 3 is 2.28 bits per heavy atom. The highest BCUT2D eigenvalue weighted by molar-refractivity contribution is 7.17. The third-order valence-electron chi connectivity index (χ3n) is 5.07. The van der Waals surface area contributed by atoms with E-state index in [1.54, 1.807) is 26.8 Å². The van der Waals surface area contributed by atoms with Gasteiger partial charge in [0.1, 0.15) is 11.9 Å². The smallest absolute Gasteiger partial charge is 0.296 e. The normalized spacial score (nSPS) is 16.2. The third kappa shape index (κ3) is 3.45. The number of aliphatic hydroxyl groups is 1. The number of rotatable bonds is 5. The Morgan fingerprint density at radius 1 is 1.06 bits per heavy atom. The van der Waals surface area contributed by atoms with E-state index in [0.717, 1.165) is 27.6 Å². The van der Waals surface area contributed by atoms with Crippen LogP contribution in [0.15, 0.2) is 35.6 Å². The molecule has 1 aliphatic heterocycles. The second-order valence-electron chi connectivity index (χ2n) is 7.31. The average molecular weight is 472 g/mol. The fourth-order valence-corrected chi connectivity index (χ4v) is 5.56. The molecule has 0 spiro atoms. The second-order valence-corrected chi connectivity index (χ2v) is 9.49. The number of carbonyl (C=O) groups excluding carboxylic acids is 3. The highest BCUT2D eigenvalue weighted by Crippen LogP contribution is 2.45. The molecule has 0 aliphatic carbocycles. The summed E-state index contributed by atoms with van der Waals surface area (Å²) in [5.41, 5.74) is 0.652. The molecule has 3 heterocycles. The van der Waals surface area contributed by atoms with Gasteiger partial charge in [0.25, 0.3) is 5.91 Å². The minimum atomic E-state index is -1.25. The number of aliphatic hydroxyl groups excluding tert-OH is 1. The quantitative estimate of drug-likeness (QED) is 0.544. The lowest BCUT2D eigenvalue weighted by Crippen LogP contribution is -2.31. The van der Waals surface area contributed by atoms with Crippen molar-refractivity contribution < 1.29 is 23.9 Å². The van der Waals surface area contributed by atoms with Crippen LogP contribution in [0.1, 0.15) is 54.3 Å². The fraction of sp³-hybridized carbons (Fsp3) is 0.227. The van der Waals surface area contributed by atoms with Gasteiger partial charge in [0, 0.05) is 12.5 Å². The number of anilines is 1. The van der Waals surface area contributed by atoms with Crippen molar-refractivity contribution in [1.29, 1.82) is 0 Å². The van der Waals surface area contributed by atoms with E-state index in [4.69, 9.17) is 0 Å². The maximum absolute atomic E-state index is 14.9. The van der Waals surface area contributed by atoms with Gasteiger partial charge in [0.2, 0.25) is 5.78 Å². The molecule has 3 aromatic rings. The van der Waals surface area contributed by atoms with Gasteiger partial charge in [-0.1, -0.05) is 29.5 Å². The number of carbonyl (C=O) groups is 3. The Balaban J connectivity index is 1.93. The van der Waals surface area contributed by atoms with E-state index in [9.17, 15) is 23.9 Å². The molecular formula is C22H18FN3O4S2. The SMILES string of the molecule is CC(=O)c1sc(N2C(=O)C(O)=C(C(=O)c3sc(C)nc3C)C2c2ccccc2F)nc1C. The van der Waals surface area contributed by atoms with E-state index in [2.05, 4.69) is 9.97 Å². The molecule has 0 fully saturated rings. The molecule has 32 heavy (non-hydrogen) atoms. The molecule has 1 atom stereocenters.